The van der Waals surface area contributed by atoms with Gasteiger partial charge in [-0.1, -0.05) is 81.2 Å². The molecule has 0 fully saturated rings. The highest BCUT2D eigenvalue weighted by Gasteiger charge is 2.09. The molecule has 1 rings (SSSR count). The lowest BCUT2D eigenvalue weighted by atomic mass is 10.1. The Morgan fingerprint density at radius 1 is 1.06 bits per heavy atom. The summed E-state index contributed by atoms with van der Waals surface area (Å²) >= 11 is 0. The molecule has 1 aromatic rings. The van der Waals surface area contributed by atoms with Gasteiger partial charge in [0.2, 0.25) is 0 Å². The van der Waals surface area contributed by atoms with Crippen LogP contribution in [0.1, 0.15) is 12.5 Å². The van der Waals surface area contributed by atoms with Crippen LogP contribution in [0.15, 0.2) is 48.6 Å². The molecule has 0 aliphatic heterocycles. The van der Waals surface area contributed by atoms with Gasteiger partial charge in [0.1, 0.15) is 0 Å². The molecule has 0 aliphatic carbocycles. The molecular weight excluding hydrogens is 220 g/mol. The van der Waals surface area contributed by atoms with Crippen LogP contribution in [0.4, 0.5) is 0 Å². The van der Waals surface area contributed by atoms with Crippen LogP contribution in [0.2, 0.25) is 25.7 Å². The standard InChI is InChI=1S/C16H24Si/c1-15(9-8-14-17(2,3)4)12-13-16-10-6-5-7-11-16/h5-13,15H,14H2,1-4H3/b9-8+,13-12+. The maximum atomic E-state index is 2.40. The van der Waals surface area contributed by atoms with Gasteiger partial charge in [-0.15, -0.1) is 0 Å². The highest BCUT2D eigenvalue weighted by Crippen LogP contribution is 2.11. The van der Waals surface area contributed by atoms with Crippen LogP contribution in [-0.2, 0) is 0 Å². The molecule has 0 bridgehead atoms. The predicted molar refractivity (Wildman–Crippen MR) is 81.9 cm³/mol. The van der Waals surface area contributed by atoms with Crippen molar-refractivity contribution in [3.63, 3.8) is 0 Å². The van der Waals surface area contributed by atoms with Gasteiger partial charge in [0.25, 0.3) is 0 Å². The highest BCUT2D eigenvalue weighted by molar-refractivity contribution is 6.76. The van der Waals surface area contributed by atoms with E-state index in [2.05, 4.69) is 81.2 Å². The molecule has 0 aromatic heterocycles. The van der Waals surface area contributed by atoms with Crippen molar-refractivity contribution in [2.24, 2.45) is 5.92 Å². The maximum absolute atomic E-state index is 2.40. The SMILES string of the molecule is CC(/C=C/C[Si](C)(C)C)/C=C/c1ccccc1. The minimum absolute atomic E-state index is 0.520. The molecule has 1 atom stereocenters. The molecule has 0 saturated carbocycles. The van der Waals surface area contributed by atoms with Crippen molar-refractivity contribution in [3.05, 3.63) is 54.1 Å². The topological polar surface area (TPSA) is 0 Å². The normalized spacial score (nSPS) is 14.6. The molecule has 1 heteroatoms. The summed E-state index contributed by atoms with van der Waals surface area (Å²) in [5.74, 6) is 0.520. The average Bonchev–Trinajstić information content (AvgIpc) is 2.26. The zero-order valence-corrected chi connectivity index (χ0v) is 12.5. The van der Waals surface area contributed by atoms with Crippen LogP contribution in [0.25, 0.3) is 6.08 Å². The molecule has 1 unspecified atom stereocenters. The van der Waals surface area contributed by atoms with E-state index in [1.54, 1.807) is 0 Å². The monoisotopic (exact) mass is 244 g/mol. The quantitative estimate of drug-likeness (QED) is 0.491. The Morgan fingerprint density at radius 3 is 2.29 bits per heavy atom. The summed E-state index contributed by atoms with van der Waals surface area (Å²) < 4.78 is 0. The summed E-state index contributed by atoms with van der Waals surface area (Å²) in [4.78, 5) is 0. The Balaban J connectivity index is 2.45. The lowest BCUT2D eigenvalue weighted by Crippen LogP contribution is -2.17. The minimum atomic E-state index is -0.922. The summed E-state index contributed by atoms with van der Waals surface area (Å²) in [5, 5.41) is 0. The first kappa shape index (κ1) is 14.0. The lowest BCUT2D eigenvalue weighted by molar-refractivity contribution is 0.942. The fraction of sp³-hybridized carbons (Fsp3) is 0.375. The molecule has 92 valence electrons. The Bertz CT molecular complexity index is 368. The second kappa shape index (κ2) is 6.60. The molecule has 17 heavy (non-hydrogen) atoms. The summed E-state index contributed by atoms with van der Waals surface area (Å²) in [7, 11) is -0.922. The first-order valence-electron chi connectivity index (χ1n) is 6.37. The maximum Gasteiger partial charge on any atom is 0.0480 e. The van der Waals surface area contributed by atoms with Gasteiger partial charge in [0.05, 0.1) is 0 Å². The third kappa shape index (κ3) is 6.95. The Morgan fingerprint density at radius 2 is 1.71 bits per heavy atom. The van der Waals surface area contributed by atoms with E-state index in [0.717, 1.165) is 0 Å². The molecule has 0 N–H and O–H groups in total. The van der Waals surface area contributed by atoms with E-state index in [1.807, 2.05) is 0 Å². The third-order valence-corrected chi connectivity index (χ3v) is 4.02. The third-order valence-electron chi connectivity index (χ3n) is 2.56. The van der Waals surface area contributed by atoms with Crippen molar-refractivity contribution < 1.29 is 0 Å². The van der Waals surface area contributed by atoms with Crippen LogP contribution in [-0.4, -0.2) is 8.07 Å². The fourth-order valence-corrected chi connectivity index (χ4v) is 2.37. The first-order valence-corrected chi connectivity index (χ1v) is 10.1. The highest BCUT2D eigenvalue weighted by atomic mass is 28.3. The molecule has 0 amide bonds. The number of benzene rings is 1. The van der Waals surface area contributed by atoms with E-state index >= 15 is 0 Å². The van der Waals surface area contributed by atoms with Gasteiger partial charge < -0.3 is 0 Å². The van der Waals surface area contributed by atoms with Gasteiger partial charge in [-0.25, -0.2) is 0 Å². The van der Waals surface area contributed by atoms with E-state index in [0.29, 0.717) is 5.92 Å². The van der Waals surface area contributed by atoms with Crippen molar-refractivity contribution in [1.29, 1.82) is 0 Å². The second-order valence-electron chi connectivity index (χ2n) is 5.82. The van der Waals surface area contributed by atoms with Crippen molar-refractivity contribution in [3.8, 4) is 0 Å². The van der Waals surface area contributed by atoms with E-state index < -0.39 is 8.07 Å². The predicted octanol–water partition coefficient (Wildman–Crippen LogP) is 5.23. The number of rotatable bonds is 5. The van der Waals surface area contributed by atoms with Gasteiger partial charge in [0.15, 0.2) is 0 Å². The largest absolute Gasteiger partial charge is 0.0906 e. The molecule has 0 radical (unpaired) electrons. The summed E-state index contributed by atoms with van der Waals surface area (Å²) in [6.07, 6.45) is 9.13. The Labute approximate surface area is 107 Å². The smallest absolute Gasteiger partial charge is 0.0480 e. The van der Waals surface area contributed by atoms with Crippen LogP contribution in [0, 0.1) is 5.92 Å². The van der Waals surface area contributed by atoms with Crippen molar-refractivity contribution >= 4 is 14.1 Å². The Hall–Kier alpha value is -1.08. The molecule has 0 saturated heterocycles. The van der Waals surface area contributed by atoms with Gasteiger partial charge in [-0.3, -0.25) is 0 Å². The number of hydrogen-bond donors (Lipinski definition) is 0. The molecule has 0 aliphatic rings. The van der Waals surface area contributed by atoms with Crippen molar-refractivity contribution in [2.45, 2.75) is 32.6 Å². The average molecular weight is 244 g/mol. The van der Waals surface area contributed by atoms with Crippen LogP contribution < -0.4 is 0 Å². The summed E-state index contributed by atoms with van der Waals surface area (Å²) in [5.41, 5.74) is 1.28. The zero-order valence-electron chi connectivity index (χ0n) is 11.5. The van der Waals surface area contributed by atoms with Gasteiger partial charge in [-0.2, -0.15) is 0 Å². The van der Waals surface area contributed by atoms with E-state index in [4.69, 9.17) is 0 Å². The van der Waals surface area contributed by atoms with E-state index in [9.17, 15) is 0 Å². The van der Waals surface area contributed by atoms with Crippen LogP contribution >= 0.6 is 0 Å². The van der Waals surface area contributed by atoms with Crippen LogP contribution in [0.3, 0.4) is 0 Å². The van der Waals surface area contributed by atoms with E-state index in [-0.39, 0.29) is 0 Å². The summed E-state index contributed by atoms with van der Waals surface area (Å²) in [6, 6.07) is 11.7. The minimum Gasteiger partial charge on any atom is -0.0906 e. The van der Waals surface area contributed by atoms with Crippen molar-refractivity contribution in [2.75, 3.05) is 0 Å². The van der Waals surface area contributed by atoms with Gasteiger partial charge >= 0.3 is 0 Å². The lowest BCUT2D eigenvalue weighted by Gasteiger charge is -2.11. The molecule has 1 aromatic carbocycles. The van der Waals surface area contributed by atoms with Crippen LogP contribution in [0.5, 0.6) is 0 Å². The first-order chi connectivity index (χ1) is 7.97. The Kier molecular flexibility index (Phi) is 5.43. The van der Waals surface area contributed by atoms with Gasteiger partial charge in [0, 0.05) is 8.07 Å². The second-order valence-corrected chi connectivity index (χ2v) is 11.4. The number of hydrogen-bond acceptors (Lipinski definition) is 0. The molecule has 0 nitrogen and oxygen atoms in total. The molecule has 0 heterocycles. The van der Waals surface area contributed by atoms with E-state index in [1.165, 1.54) is 11.6 Å². The molecular formula is C16H24Si. The van der Waals surface area contributed by atoms with Crippen molar-refractivity contribution in [1.82, 2.24) is 0 Å². The summed E-state index contributed by atoms with van der Waals surface area (Å²) in [6.45, 7) is 9.45. The number of allylic oxidation sites excluding steroid dienone is 3. The fourth-order valence-electron chi connectivity index (χ4n) is 1.53. The zero-order chi connectivity index (χ0) is 12.7. The molecule has 0 spiro atoms. The van der Waals surface area contributed by atoms with Gasteiger partial charge in [-0.05, 0) is 17.5 Å².